The summed E-state index contributed by atoms with van der Waals surface area (Å²) in [6.45, 7) is 3.94. The Labute approximate surface area is 438 Å². The number of aliphatic carboxylic acids is 2. The van der Waals surface area contributed by atoms with Crippen molar-refractivity contribution < 1.29 is 57.8 Å². The summed E-state index contributed by atoms with van der Waals surface area (Å²) in [5, 5.41) is 62.7. The first kappa shape index (κ1) is 54.9. The van der Waals surface area contributed by atoms with Crippen molar-refractivity contribution in [3.05, 3.63) is 142 Å². The van der Waals surface area contributed by atoms with Crippen LogP contribution in [0.25, 0.3) is 34.0 Å². The average molecular weight is 1000 g/mol. The third-order valence-electron chi connectivity index (χ3n) is 12.4. The number of hydrogen-bond acceptors (Lipinski definition) is 12. The molecule has 0 saturated heterocycles. The van der Waals surface area contributed by atoms with Crippen molar-refractivity contribution in [1.82, 2.24) is 9.97 Å². The molecular formula is C54H54CaF4N4O8. The summed E-state index contributed by atoms with van der Waals surface area (Å²) in [6.07, 6.45) is 3.55. The van der Waals surface area contributed by atoms with Crippen molar-refractivity contribution in [3.63, 3.8) is 0 Å². The van der Waals surface area contributed by atoms with E-state index in [1.807, 2.05) is 86.3 Å². The Morgan fingerprint density at radius 2 is 0.930 bits per heavy atom. The minimum Gasteiger partial charge on any atom is -0.550 e. The van der Waals surface area contributed by atoms with Crippen LogP contribution in [0.15, 0.2) is 84.9 Å². The Morgan fingerprint density at radius 3 is 1.24 bits per heavy atom. The van der Waals surface area contributed by atoms with Gasteiger partial charge in [0.15, 0.2) is 23.3 Å². The maximum absolute atomic E-state index is 14.4. The zero-order valence-electron chi connectivity index (χ0n) is 39.8. The van der Waals surface area contributed by atoms with E-state index in [1.54, 1.807) is 12.2 Å². The van der Waals surface area contributed by atoms with Crippen molar-refractivity contribution in [2.45, 2.75) is 101 Å². The fraction of sp³-hybridized carbons (Fsp3) is 0.333. The number of hydrogen-bond donors (Lipinski definition) is 4. The average Bonchev–Trinajstić information content (AvgIpc) is 4.23. The third kappa shape index (κ3) is 13.9. The number of pyridine rings is 2. The molecule has 71 heavy (non-hydrogen) atoms. The van der Waals surface area contributed by atoms with E-state index >= 15 is 0 Å². The van der Waals surface area contributed by atoms with Gasteiger partial charge >= 0.3 is 37.7 Å². The molecule has 368 valence electrons. The van der Waals surface area contributed by atoms with Crippen molar-refractivity contribution in [3.8, 4) is 0 Å². The number of halogens is 4. The van der Waals surface area contributed by atoms with Crippen LogP contribution in [-0.4, -0.2) is 119 Å². The fourth-order valence-electron chi connectivity index (χ4n) is 8.41. The van der Waals surface area contributed by atoms with Gasteiger partial charge in [-0.3, -0.25) is 9.97 Å². The minimum atomic E-state index is -1.40. The number of carboxylic acid groups (broad SMARTS) is 2. The van der Waals surface area contributed by atoms with E-state index in [0.717, 1.165) is 83.8 Å². The van der Waals surface area contributed by atoms with Gasteiger partial charge in [0.05, 0.1) is 58.2 Å². The summed E-state index contributed by atoms with van der Waals surface area (Å²) >= 11 is 0. The Balaban J connectivity index is 0.000000229. The molecule has 0 unspecified atom stereocenters. The molecule has 0 aliphatic heterocycles. The molecule has 2 fully saturated rings. The molecule has 2 heterocycles. The van der Waals surface area contributed by atoms with E-state index in [2.05, 4.69) is 9.97 Å². The van der Waals surface area contributed by atoms with Gasteiger partial charge in [-0.15, -0.1) is 0 Å². The summed E-state index contributed by atoms with van der Waals surface area (Å²) in [6, 6.07) is 20.0. The fourth-order valence-corrected chi connectivity index (χ4v) is 8.41. The van der Waals surface area contributed by atoms with Crippen LogP contribution in [0.1, 0.15) is 96.8 Å². The Bertz CT molecular complexity index is 2750. The van der Waals surface area contributed by atoms with Crippen molar-refractivity contribution in [1.29, 1.82) is 0 Å². The molecule has 17 heteroatoms. The molecular weight excluding hydrogens is 949 g/mol. The Hall–Kier alpha value is -5.46. The van der Waals surface area contributed by atoms with Gasteiger partial charge in [-0.05, 0) is 75.9 Å². The number of anilines is 4. The summed E-state index contributed by atoms with van der Waals surface area (Å²) in [5.74, 6) is -6.43. The molecule has 0 bridgehead atoms. The molecule has 8 rings (SSSR count). The van der Waals surface area contributed by atoms with Gasteiger partial charge in [0.2, 0.25) is 0 Å². The summed E-state index contributed by atoms with van der Waals surface area (Å²) in [7, 11) is 3.66. The van der Waals surface area contributed by atoms with Crippen LogP contribution in [0.2, 0.25) is 0 Å². The first-order valence-corrected chi connectivity index (χ1v) is 23.0. The van der Waals surface area contributed by atoms with Gasteiger partial charge < -0.3 is 50.0 Å². The van der Waals surface area contributed by atoms with E-state index in [-0.39, 0.29) is 62.4 Å². The normalized spacial score (nSPS) is 15.3. The monoisotopic (exact) mass is 1000 g/mol. The number of benzene rings is 4. The number of carboxylic acids is 2. The molecule has 0 spiro atoms. The second-order valence-electron chi connectivity index (χ2n) is 18.2. The zero-order valence-corrected chi connectivity index (χ0v) is 42.0. The topological polar surface area (TPSA) is 193 Å². The summed E-state index contributed by atoms with van der Waals surface area (Å²) < 4.78 is 56.9. The second-order valence-corrected chi connectivity index (χ2v) is 18.2. The number of carbonyl (C=O) groups excluding carboxylic acids is 2. The third-order valence-corrected chi connectivity index (χ3v) is 12.4. The SMILES string of the molecule is Cc1ccc(N(C)c2c(/C=C/[C@@H](O)C[C@@H](O)CC(=O)[O-])c(C3CC3)nc3cc(F)c(F)cc23)cc1.Cc1ccc(N(C)c2c(/C=C/[C@@H](O)C[C@@H](O)CC(=O)[O-])c(C3CC3)nc3cc(F)c(F)cc23)cc1.[Ca+2]. The van der Waals surface area contributed by atoms with Crippen LogP contribution < -0.4 is 20.0 Å². The number of aromatic nitrogens is 2. The standard InChI is InChI=1S/2C27H28F2N2O4.Ca/c2*1-15-3-7-17(8-4-15)31(2)27-20(10-9-18(32)11-19(33)12-25(34)35)26(16-5-6-16)30-24-14-23(29)22(28)13-21(24)27;/h2*3-4,7-10,13-14,16,18-19,32-33H,5-6,11-12H2,1-2H3,(H,34,35);/q;;+2/p-2/b2*10-9+;/t2*18-,19-;/m11./s1. The van der Waals surface area contributed by atoms with Crippen molar-refractivity contribution in [2.24, 2.45) is 0 Å². The van der Waals surface area contributed by atoms with Gasteiger partial charge in [-0.25, -0.2) is 17.6 Å². The van der Waals surface area contributed by atoms with E-state index in [9.17, 15) is 57.8 Å². The first-order valence-electron chi connectivity index (χ1n) is 23.0. The number of aliphatic hydroxyl groups is 4. The van der Waals surface area contributed by atoms with Crippen LogP contribution in [0.3, 0.4) is 0 Å². The predicted molar refractivity (Wildman–Crippen MR) is 262 cm³/mol. The van der Waals surface area contributed by atoms with Crippen LogP contribution >= 0.6 is 0 Å². The Kier molecular flexibility index (Phi) is 18.4. The molecule has 2 aromatic heterocycles. The maximum Gasteiger partial charge on any atom is 2.00 e. The van der Waals surface area contributed by atoms with Gasteiger partial charge in [0, 0.05) is 109 Å². The van der Waals surface area contributed by atoms with Gasteiger partial charge in [-0.2, -0.15) is 0 Å². The maximum atomic E-state index is 14.4. The number of rotatable bonds is 18. The van der Waals surface area contributed by atoms with Gasteiger partial charge in [0.25, 0.3) is 0 Å². The van der Waals surface area contributed by atoms with Gasteiger partial charge in [0.1, 0.15) is 0 Å². The smallest absolute Gasteiger partial charge is 0.550 e. The first-order chi connectivity index (χ1) is 33.3. The largest absolute Gasteiger partial charge is 2.00 e. The molecule has 6 aromatic rings. The van der Waals surface area contributed by atoms with E-state index in [4.69, 9.17) is 0 Å². The number of aliphatic hydroxyl groups excluding tert-OH is 4. The van der Waals surface area contributed by atoms with E-state index < -0.39 is 72.5 Å². The summed E-state index contributed by atoms with van der Waals surface area (Å²) in [4.78, 5) is 34.5. The van der Waals surface area contributed by atoms with Crippen LogP contribution in [-0.2, 0) is 9.59 Å². The Morgan fingerprint density at radius 1 is 0.606 bits per heavy atom. The molecule has 4 N–H and O–H groups in total. The van der Waals surface area contributed by atoms with Crippen LogP contribution in [0.4, 0.5) is 40.3 Å². The molecule has 4 atom stereocenters. The minimum absolute atomic E-state index is 0. The van der Waals surface area contributed by atoms with E-state index in [1.165, 1.54) is 12.2 Å². The molecule has 0 radical (unpaired) electrons. The molecule has 4 aromatic carbocycles. The number of carbonyl (C=O) groups is 2. The molecule has 2 aliphatic rings. The predicted octanol–water partition coefficient (Wildman–Crippen LogP) is 7.08. The molecule has 2 saturated carbocycles. The van der Waals surface area contributed by atoms with Crippen LogP contribution in [0, 0.1) is 37.1 Å². The van der Waals surface area contributed by atoms with Crippen molar-refractivity contribution >= 4 is 106 Å². The number of aryl methyl sites for hydroxylation is 2. The number of fused-ring (bicyclic) bond motifs is 2. The van der Waals surface area contributed by atoms with Crippen molar-refractivity contribution in [2.75, 3.05) is 23.9 Å². The number of nitrogens with zero attached hydrogens (tertiary/aromatic N) is 4. The molecule has 2 aliphatic carbocycles. The van der Waals surface area contributed by atoms with E-state index in [0.29, 0.717) is 44.3 Å². The summed E-state index contributed by atoms with van der Waals surface area (Å²) in [5.41, 5.74) is 8.44. The zero-order chi connectivity index (χ0) is 50.6. The molecule has 0 amide bonds. The second kappa shape index (κ2) is 23.8. The van der Waals surface area contributed by atoms with Crippen LogP contribution in [0.5, 0.6) is 0 Å². The molecule has 12 nitrogen and oxygen atoms in total. The van der Waals surface area contributed by atoms with Gasteiger partial charge in [-0.1, -0.05) is 59.7 Å². The quantitative estimate of drug-likeness (QED) is 0.0506.